The summed E-state index contributed by atoms with van der Waals surface area (Å²) in [5.74, 6) is -0.126. The molecule has 1 aliphatic rings. The van der Waals surface area contributed by atoms with Gasteiger partial charge >= 0.3 is 7.48 Å². The fourth-order valence-electron chi connectivity index (χ4n) is 1.43. The molecule has 1 unspecified atom stereocenters. The van der Waals surface area contributed by atoms with Crippen LogP contribution in [0.4, 0.5) is 4.39 Å². The van der Waals surface area contributed by atoms with Gasteiger partial charge in [0.1, 0.15) is 5.82 Å². The van der Waals surface area contributed by atoms with Crippen molar-refractivity contribution in [2.75, 3.05) is 0 Å². The second kappa shape index (κ2) is 2.90. The van der Waals surface area contributed by atoms with E-state index in [-0.39, 0.29) is 11.9 Å². The molecule has 2 rings (SSSR count). The van der Waals surface area contributed by atoms with Gasteiger partial charge in [-0.05, 0) is 30.4 Å². The van der Waals surface area contributed by atoms with Crippen molar-refractivity contribution in [1.82, 2.24) is 0 Å². The zero-order valence-corrected chi connectivity index (χ0v) is 6.88. The van der Waals surface area contributed by atoms with E-state index in [9.17, 15) is 4.39 Å². The lowest BCUT2D eigenvalue weighted by Crippen LogP contribution is -2.34. The summed E-state index contributed by atoms with van der Waals surface area (Å²) in [6.45, 7) is 1.94. The summed E-state index contributed by atoms with van der Waals surface area (Å²) in [6.07, 6.45) is 0.757. The molecule has 1 nitrogen and oxygen atoms in total. The first-order valence-corrected chi connectivity index (χ1v) is 4.03. The maximum atomic E-state index is 13.2. The van der Waals surface area contributed by atoms with Crippen molar-refractivity contribution in [2.45, 2.75) is 19.4 Å². The number of benzene rings is 1. The molecule has 1 aliphatic heterocycles. The Morgan fingerprint density at radius 2 is 2.42 bits per heavy atom. The van der Waals surface area contributed by atoms with Crippen LogP contribution in [0, 0.1) is 5.82 Å². The van der Waals surface area contributed by atoms with Crippen molar-refractivity contribution in [3.63, 3.8) is 0 Å². The molecular formula is C9H9BFO. The van der Waals surface area contributed by atoms with Gasteiger partial charge in [-0.3, -0.25) is 0 Å². The molecule has 0 amide bonds. The SMILES string of the molecule is CC1Cc2c(F)cccc2[B]O1. The van der Waals surface area contributed by atoms with Crippen LogP contribution in [-0.4, -0.2) is 13.6 Å². The maximum absolute atomic E-state index is 13.2. The first-order valence-electron chi connectivity index (χ1n) is 4.03. The molecule has 0 bridgehead atoms. The molecule has 0 saturated carbocycles. The Balaban J connectivity index is 2.43. The van der Waals surface area contributed by atoms with Gasteiger partial charge in [-0.1, -0.05) is 12.1 Å². The third-order valence-corrected chi connectivity index (χ3v) is 2.07. The molecule has 0 aliphatic carbocycles. The quantitative estimate of drug-likeness (QED) is 0.519. The van der Waals surface area contributed by atoms with E-state index in [2.05, 4.69) is 0 Å². The predicted octanol–water partition coefficient (Wildman–Crippen LogP) is 1.03. The van der Waals surface area contributed by atoms with Crippen molar-refractivity contribution >= 4 is 12.9 Å². The van der Waals surface area contributed by atoms with Crippen molar-refractivity contribution in [1.29, 1.82) is 0 Å². The molecule has 1 aromatic carbocycles. The van der Waals surface area contributed by atoms with Crippen molar-refractivity contribution < 1.29 is 9.04 Å². The molecule has 0 fully saturated rings. The minimum Gasteiger partial charge on any atom is -0.432 e. The molecule has 12 heavy (non-hydrogen) atoms. The highest BCUT2D eigenvalue weighted by atomic mass is 19.1. The summed E-state index contributed by atoms with van der Waals surface area (Å²) in [7, 11) is 1.63. The van der Waals surface area contributed by atoms with E-state index in [1.165, 1.54) is 6.07 Å². The Labute approximate surface area is 71.8 Å². The van der Waals surface area contributed by atoms with E-state index in [4.69, 9.17) is 4.65 Å². The number of fused-ring (bicyclic) bond motifs is 1. The summed E-state index contributed by atoms with van der Waals surface area (Å²) < 4.78 is 18.4. The van der Waals surface area contributed by atoms with Crippen LogP contribution in [0.15, 0.2) is 18.2 Å². The Morgan fingerprint density at radius 1 is 1.58 bits per heavy atom. The third kappa shape index (κ3) is 1.25. The molecule has 0 spiro atoms. The van der Waals surface area contributed by atoms with E-state index in [1.54, 1.807) is 13.5 Å². The standard InChI is InChI=1S/C9H9BFO/c1-6-5-7-8(10-12-6)3-2-4-9(7)11/h2-4,6H,5H2,1H3. The topological polar surface area (TPSA) is 9.23 Å². The summed E-state index contributed by atoms with van der Waals surface area (Å²) >= 11 is 0. The largest absolute Gasteiger partial charge is 0.432 e. The van der Waals surface area contributed by atoms with Crippen LogP contribution < -0.4 is 5.46 Å². The number of hydrogen-bond donors (Lipinski definition) is 0. The zero-order chi connectivity index (χ0) is 8.55. The molecule has 0 N–H and O–H groups in total. The van der Waals surface area contributed by atoms with Crippen molar-refractivity contribution in [3.05, 3.63) is 29.6 Å². The second-order valence-electron chi connectivity index (χ2n) is 3.08. The minimum atomic E-state index is -0.126. The molecule has 1 atom stereocenters. The van der Waals surface area contributed by atoms with Crippen molar-refractivity contribution in [2.24, 2.45) is 0 Å². The Morgan fingerprint density at radius 3 is 3.25 bits per heavy atom. The molecular weight excluding hydrogens is 154 g/mol. The summed E-state index contributed by atoms with van der Waals surface area (Å²) in [4.78, 5) is 0. The van der Waals surface area contributed by atoms with Gasteiger partial charge in [0.25, 0.3) is 0 Å². The van der Waals surface area contributed by atoms with Crippen LogP contribution in [0.1, 0.15) is 12.5 Å². The molecule has 61 valence electrons. The zero-order valence-electron chi connectivity index (χ0n) is 6.88. The monoisotopic (exact) mass is 163 g/mol. The Bertz CT molecular complexity index is 301. The van der Waals surface area contributed by atoms with Gasteiger partial charge in [-0.2, -0.15) is 0 Å². The van der Waals surface area contributed by atoms with Gasteiger partial charge in [-0.25, -0.2) is 4.39 Å². The fraction of sp³-hybridized carbons (Fsp3) is 0.333. The summed E-state index contributed by atoms with van der Waals surface area (Å²) in [5, 5.41) is 0. The maximum Gasteiger partial charge on any atom is 0.330 e. The molecule has 1 heterocycles. The van der Waals surface area contributed by atoms with Crippen LogP contribution in [0.2, 0.25) is 0 Å². The lowest BCUT2D eigenvalue weighted by atomic mass is 9.79. The average Bonchev–Trinajstić information content (AvgIpc) is 2.07. The Kier molecular flexibility index (Phi) is 1.89. The average molecular weight is 163 g/mol. The molecule has 1 aromatic rings. The molecule has 3 heteroatoms. The number of rotatable bonds is 0. The van der Waals surface area contributed by atoms with Crippen LogP contribution in [-0.2, 0) is 11.1 Å². The summed E-state index contributed by atoms with van der Waals surface area (Å²) in [6, 6.07) is 5.05. The first kappa shape index (κ1) is 7.81. The van der Waals surface area contributed by atoms with Gasteiger partial charge in [-0.15, -0.1) is 0 Å². The first-order chi connectivity index (χ1) is 5.77. The fourth-order valence-corrected chi connectivity index (χ4v) is 1.43. The number of halogens is 1. The van der Waals surface area contributed by atoms with E-state index < -0.39 is 0 Å². The Hall–Kier alpha value is -0.825. The van der Waals surface area contributed by atoms with Gasteiger partial charge in [0.2, 0.25) is 0 Å². The highest BCUT2D eigenvalue weighted by Gasteiger charge is 2.19. The van der Waals surface area contributed by atoms with Crippen molar-refractivity contribution in [3.8, 4) is 0 Å². The van der Waals surface area contributed by atoms with E-state index in [1.807, 2.05) is 13.0 Å². The number of hydrogen-bond acceptors (Lipinski definition) is 1. The normalized spacial score (nSPS) is 21.3. The van der Waals surface area contributed by atoms with Crippen LogP contribution in [0.3, 0.4) is 0 Å². The molecule has 0 saturated heterocycles. The highest BCUT2D eigenvalue weighted by molar-refractivity contribution is 6.48. The van der Waals surface area contributed by atoms with Crippen LogP contribution in [0.25, 0.3) is 0 Å². The molecule has 0 aromatic heterocycles. The van der Waals surface area contributed by atoms with Gasteiger partial charge in [0, 0.05) is 6.10 Å². The van der Waals surface area contributed by atoms with Crippen LogP contribution in [0.5, 0.6) is 0 Å². The predicted molar refractivity (Wildman–Crippen MR) is 46.0 cm³/mol. The van der Waals surface area contributed by atoms with Gasteiger partial charge in [0.15, 0.2) is 0 Å². The van der Waals surface area contributed by atoms with E-state index in [0.717, 1.165) is 11.0 Å². The highest BCUT2D eigenvalue weighted by Crippen LogP contribution is 2.12. The van der Waals surface area contributed by atoms with Gasteiger partial charge in [0.05, 0.1) is 0 Å². The lowest BCUT2D eigenvalue weighted by molar-refractivity contribution is 0.230. The van der Waals surface area contributed by atoms with Crippen LogP contribution >= 0.6 is 0 Å². The summed E-state index contributed by atoms with van der Waals surface area (Å²) in [5.41, 5.74) is 1.64. The molecule has 1 radical (unpaired) electrons. The minimum absolute atomic E-state index is 0.0920. The van der Waals surface area contributed by atoms with E-state index in [0.29, 0.717) is 6.42 Å². The third-order valence-electron chi connectivity index (χ3n) is 2.07. The van der Waals surface area contributed by atoms with Gasteiger partial charge < -0.3 is 4.65 Å². The smallest absolute Gasteiger partial charge is 0.330 e. The van der Waals surface area contributed by atoms with E-state index >= 15 is 0 Å². The second-order valence-corrected chi connectivity index (χ2v) is 3.08. The lowest BCUT2D eigenvalue weighted by Gasteiger charge is -2.21.